The van der Waals surface area contributed by atoms with Crippen LogP contribution in [-0.2, 0) is 6.18 Å². The van der Waals surface area contributed by atoms with Crippen LogP contribution in [0.5, 0.6) is 0 Å². The van der Waals surface area contributed by atoms with E-state index in [1.165, 1.54) is 6.07 Å². The minimum Gasteiger partial charge on any atom is -0.298 e. The molecule has 0 fully saturated rings. The molecule has 0 radical (unpaired) electrons. The zero-order chi connectivity index (χ0) is 14.6. The van der Waals surface area contributed by atoms with Gasteiger partial charge in [0.05, 0.1) is 5.56 Å². The molecule has 0 saturated heterocycles. The first-order chi connectivity index (χ1) is 9.50. The fourth-order valence-electron chi connectivity index (χ4n) is 1.76. The van der Waals surface area contributed by atoms with Crippen LogP contribution in [0.1, 0.15) is 27.0 Å². The van der Waals surface area contributed by atoms with Crippen molar-refractivity contribution in [3.05, 3.63) is 70.8 Å². The number of hydrogen-bond donors (Lipinski definition) is 0. The fraction of sp³-hybridized carbons (Fsp3) is 0.0625. The molecule has 0 bridgehead atoms. The Hall–Kier alpha value is -2.36. The van der Waals surface area contributed by atoms with Gasteiger partial charge in [0.25, 0.3) is 0 Å². The van der Waals surface area contributed by atoms with Gasteiger partial charge < -0.3 is 0 Å². The minimum absolute atomic E-state index is 0.0204. The van der Waals surface area contributed by atoms with E-state index in [4.69, 9.17) is 0 Å². The van der Waals surface area contributed by atoms with E-state index in [9.17, 15) is 18.0 Å². The second-order valence-electron chi connectivity index (χ2n) is 4.20. The lowest BCUT2D eigenvalue weighted by Crippen LogP contribution is -2.05. The molecular formula is C16H11F3O. The Kier molecular flexibility index (Phi) is 4.03. The van der Waals surface area contributed by atoms with E-state index in [2.05, 4.69) is 0 Å². The van der Waals surface area contributed by atoms with Crippen LogP contribution in [0.2, 0.25) is 0 Å². The molecule has 20 heavy (non-hydrogen) atoms. The summed E-state index contributed by atoms with van der Waals surface area (Å²) in [5, 5.41) is 0. The van der Waals surface area contributed by atoms with Gasteiger partial charge in [0.15, 0.2) is 6.29 Å². The molecular weight excluding hydrogens is 265 g/mol. The smallest absolute Gasteiger partial charge is 0.298 e. The van der Waals surface area contributed by atoms with Gasteiger partial charge in [-0.25, -0.2) is 0 Å². The van der Waals surface area contributed by atoms with Crippen LogP contribution in [0, 0.1) is 0 Å². The first-order valence-corrected chi connectivity index (χ1v) is 5.90. The van der Waals surface area contributed by atoms with Crippen molar-refractivity contribution in [1.82, 2.24) is 0 Å². The van der Waals surface area contributed by atoms with Gasteiger partial charge in [-0.1, -0.05) is 48.6 Å². The maximum absolute atomic E-state index is 12.6. The van der Waals surface area contributed by atoms with Crippen LogP contribution in [0.25, 0.3) is 12.2 Å². The second kappa shape index (κ2) is 5.74. The maximum Gasteiger partial charge on any atom is 0.416 e. The van der Waals surface area contributed by atoms with Crippen molar-refractivity contribution >= 4 is 18.4 Å². The van der Waals surface area contributed by atoms with Crippen LogP contribution in [0.4, 0.5) is 13.2 Å². The molecule has 0 heterocycles. The number of halogens is 3. The summed E-state index contributed by atoms with van der Waals surface area (Å²) in [6.07, 6.45) is -0.645. The molecule has 4 heteroatoms. The molecule has 2 aromatic carbocycles. The molecule has 0 N–H and O–H groups in total. The van der Waals surface area contributed by atoms with Gasteiger partial charge in [0.2, 0.25) is 0 Å². The van der Waals surface area contributed by atoms with Crippen LogP contribution < -0.4 is 0 Å². The Bertz CT molecular complexity index is 628. The Labute approximate surface area is 114 Å². The highest BCUT2D eigenvalue weighted by Gasteiger charge is 2.30. The quantitative estimate of drug-likeness (QED) is 0.587. The van der Waals surface area contributed by atoms with Gasteiger partial charge >= 0.3 is 6.18 Å². The van der Waals surface area contributed by atoms with Crippen molar-refractivity contribution in [3.8, 4) is 0 Å². The molecule has 0 amide bonds. The van der Waals surface area contributed by atoms with Gasteiger partial charge in [-0.3, -0.25) is 4.79 Å². The third kappa shape index (κ3) is 3.35. The second-order valence-corrected chi connectivity index (χ2v) is 4.20. The summed E-state index contributed by atoms with van der Waals surface area (Å²) in [6.45, 7) is 0. The van der Waals surface area contributed by atoms with Gasteiger partial charge in [0.1, 0.15) is 0 Å². The molecule has 0 aliphatic heterocycles. The maximum atomic E-state index is 12.6. The van der Waals surface area contributed by atoms with Crippen LogP contribution in [0.3, 0.4) is 0 Å². The normalized spacial score (nSPS) is 11.8. The standard InChI is InChI=1S/C16H11F3O/c17-16(18,19)15-9-8-13(14(10-15)11-20)7-6-12-4-2-1-3-5-12/h1-11H. The van der Waals surface area contributed by atoms with Gasteiger partial charge in [-0.15, -0.1) is 0 Å². The number of carbonyl (C=O) groups is 1. The van der Waals surface area contributed by atoms with Gasteiger partial charge in [-0.2, -0.15) is 13.2 Å². The topological polar surface area (TPSA) is 17.1 Å². The number of benzene rings is 2. The van der Waals surface area contributed by atoms with Crippen LogP contribution in [0.15, 0.2) is 48.5 Å². The van der Waals surface area contributed by atoms with E-state index in [0.29, 0.717) is 11.8 Å². The molecule has 0 aromatic heterocycles. The predicted molar refractivity (Wildman–Crippen MR) is 72.2 cm³/mol. The highest BCUT2D eigenvalue weighted by Crippen LogP contribution is 2.30. The molecule has 0 aliphatic rings. The molecule has 0 atom stereocenters. The van der Waals surface area contributed by atoms with Gasteiger partial charge in [-0.05, 0) is 23.3 Å². The van der Waals surface area contributed by atoms with E-state index in [0.717, 1.165) is 17.7 Å². The Morgan fingerprint density at radius 2 is 1.55 bits per heavy atom. The Morgan fingerprint density at radius 3 is 2.15 bits per heavy atom. The van der Waals surface area contributed by atoms with E-state index in [-0.39, 0.29) is 5.56 Å². The molecule has 0 aliphatic carbocycles. The van der Waals surface area contributed by atoms with Crippen molar-refractivity contribution in [2.24, 2.45) is 0 Å². The third-order valence-corrected chi connectivity index (χ3v) is 2.80. The first kappa shape index (κ1) is 14.1. The van der Waals surface area contributed by atoms with Crippen molar-refractivity contribution in [1.29, 1.82) is 0 Å². The summed E-state index contributed by atoms with van der Waals surface area (Å²) in [7, 11) is 0. The average Bonchev–Trinajstić information content (AvgIpc) is 2.45. The molecule has 2 aromatic rings. The minimum atomic E-state index is -4.45. The average molecular weight is 276 g/mol. The molecule has 1 nitrogen and oxygen atoms in total. The van der Waals surface area contributed by atoms with E-state index >= 15 is 0 Å². The third-order valence-electron chi connectivity index (χ3n) is 2.80. The van der Waals surface area contributed by atoms with Crippen molar-refractivity contribution < 1.29 is 18.0 Å². The van der Waals surface area contributed by atoms with E-state index < -0.39 is 11.7 Å². The summed E-state index contributed by atoms with van der Waals surface area (Å²) >= 11 is 0. The Morgan fingerprint density at radius 1 is 0.850 bits per heavy atom. The largest absolute Gasteiger partial charge is 0.416 e. The summed E-state index contributed by atoms with van der Waals surface area (Å²) in [5.41, 5.74) is 0.560. The Balaban J connectivity index is 2.33. The highest BCUT2D eigenvalue weighted by atomic mass is 19.4. The van der Waals surface area contributed by atoms with Crippen molar-refractivity contribution in [3.63, 3.8) is 0 Å². The summed E-state index contributed by atoms with van der Waals surface area (Å²) in [4.78, 5) is 10.9. The van der Waals surface area contributed by atoms with Crippen LogP contribution >= 0.6 is 0 Å². The number of alkyl halides is 3. The summed E-state index contributed by atoms with van der Waals surface area (Å²) < 4.78 is 37.7. The van der Waals surface area contributed by atoms with Crippen molar-refractivity contribution in [2.45, 2.75) is 6.18 Å². The van der Waals surface area contributed by atoms with Crippen molar-refractivity contribution in [2.75, 3.05) is 0 Å². The summed E-state index contributed by atoms with van der Waals surface area (Å²) in [6, 6.07) is 12.4. The molecule has 2 rings (SSSR count). The number of aldehydes is 1. The fourth-order valence-corrected chi connectivity index (χ4v) is 1.76. The van der Waals surface area contributed by atoms with E-state index in [1.54, 1.807) is 12.2 Å². The zero-order valence-electron chi connectivity index (χ0n) is 10.4. The summed E-state index contributed by atoms with van der Waals surface area (Å²) in [5.74, 6) is 0. The van der Waals surface area contributed by atoms with Gasteiger partial charge in [0, 0.05) is 5.56 Å². The molecule has 0 unspecified atom stereocenters. The monoisotopic (exact) mass is 276 g/mol. The predicted octanol–water partition coefficient (Wildman–Crippen LogP) is 4.69. The zero-order valence-corrected chi connectivity index (χ0v) is 10.4. The SMILES string of the molecule is O=Cc1cc(C(F)(F)F)ccc1C=Cc1ccccc1. The van der Waals surface area contributed by atoms with E-state index in [1.807, 2.05) is 30.3 Å². The lowest BCUT2D eigenvalue weighted by Gasteiger charge is -2.08. The molecule has 102 valence electrons. The highest BCUT2D eigenvalue weighted by molar-refractivity contribution is 5.85. The molecule has 0 saturated carbocycles. The number of carbonyl (C=O) groups excluding carboxylic acids is 1. The lowest BCUT2D eigenvalue weighted by atomic mass is 10.0. The van der Waals surface area contributed by atoms with Crippen LogP contribution in [-0.4, -0.2) is 6.29 Å². The molecule has 0 spiro atoms. The number of rotatable bonds is 3. The number of hydrogen-bond acceptors (Lipinski definition) is 1. The lowest BCUT2D eigenvalue weighted by molar-refractivity contribution is -0.137. The first-order valence-electron chi connectivity index (χ1n) is 5.90.